The molecule has 0 radical (unpaired) electrons. The molecule has 0 aliphatic carbocycles. The molecule has 2 saturated heterocycles. The van der Waals surface area contributed by atoms with E-state index in [9.17, 15) is 13.2 Å². The lowest BCUT2D eigenvalue weighted by molar-refractivity contribution is -0.122. The van der Waals surface area contributed by atoms with Crippen molar-refractivity contribution in [2.75, 3.05) is 44.8 Å². The first kappa shape index (κ1) is 22.7. The summed E-state index contributed by atoms with van der Waals surface area (Å²) >= 11 is 6.19. The van der Waals surface area contributed by atoms with Crippen molar-refractivity contribution in [3.63, 3.8) is 0 Å². The highest BCUT2D eigenvalue weighted by Gasteiger charge is 2.48. The first-order valence-corrected chi connectivity index (χ1v) is 13.0. The lowest BCUT2D eigenvalue weighted by atomic mass is 9.73. The molecule has 33 heavy (non-hydrogen) atoms. The molecule has 0 atom stereocenters. The van der Waals surface area contributed by atoms with Gasteiger partial charge in [-0.2, -0.15) is 0 Å². The number of amides is 1. The number of nitrogens with zero attached hydrogens (tertiary/aromatic N) is 1. The summed E-state index contributed by atoms with van der Waals surface area (Å²) in [6.07, 6.45) is 1.47. The van der Waals surface area contributed by atoms with E-state index in [0.29, 0.717) is 17.4 Å². The number of nitrogens with one attached hydrogen (secondary N) is 1. The summed E-state index contributed by atoms with van der Waals surface area (Å²) in [5, 5.41) is 3.65. The predicted octanol–water partition coefficient (Wildman–Crippen LogP) is 3.27. The molecule has 2 aromatic rings. The Bertz CT molecular complexity index is 1170. The number of ether oxygens (including phenoxy) is 2. The number of hydrogen-bond acceptors (Lipinski definition) is 6. The van der Waals surface area contributed by atoms with E-state index in [2.05, 4.69) is 10.2 Å². The van der Waals surface area contributed by atoms with Crippen LogP contribution in [-0.2, 0) is 24.8 Å². The molecule has 5 rings (SSSR count). The fraction of sp³-hybridized carbons (Fsp3) is 0.458. The van der Waals surface area contributed by atoms with Crippen LogP contribution in [0.4, 0.5) is 5.69 Å². The highest BCUT2D eigenvalue weighted by Crippen LogP contribution is 2.45. The summed E-state index contributed by atoms with van der Waals surface area (Å²) in [6.45, 7) is 4.97. The molecule has 0 saturated carbocycles. The quantitative estimate of drug-likeness (QED) is 0.669. The molecule has 3 aliphatic rings. The van der Waals surface area contributed by atoms with Gasteiger partial charge in [-0.15, -0.1) is 0 Å². The number of rotatable bonds is 6. The number of benzene rings is 2. The number of likely N-dealkylation sites (tertiary alicyclic amines) is 1. The number of carbonyl (C=O) groups is 1. The molecule has 1 N–H and O–H groups in total. The van der Waals surface area contributed by atoms with Gasteiger partial charge in [0.1, 0.15) is 17.1 Å². The van der Waals surface area contributed by atoms with Gasteiger partial charge in [0.2, 0.25) is 5.91 Å². The van der Waals surface area contributed by atoms with Crippen molar-refractivity contribution in [2.24, 2.45) is 0 Å². The van der Waals surface area contributed by atoms with Crippen LogP contribution >= 0.6 is 11.6 Å². The number of anilines is 1. The first-order chi connectivity index (χ1) is 15.7. The van der Waals surface area contributed by atoms with Crippen LogP contribution in [0.3, 0.4) is 0 Å². The van der Waals surface area contributed by atoms with E-state index in [1.807, 2.05) is 12.1 Å². The Balaban J connectivity index is 1.15. The Morgan fingerprint density at radius 3 is 2.45 bits per heavy atom. The molecule has 0 bridgehead atoms. The van der Waals surface area contributed by atoms with E-state index in [4.69, 9.17) is 21.1 Å². The smallest absolute Gasteiger partial charge is 0.235 e. The van der Waals surface area contributed by atoms with Gasteiger partial charge < -0.3 is 14.8 Å². The number of fused-ring (bicyclic) bond motifs is 2. The molecule has 3 heterocycles. The number of hydrogen-bond donors (Lipinski definition) is 1. The monoisotopic (exact) mass is 490 g/mol. The Hall–Kier alpha value is -2.13. The average molecular weight is 491 g/mol. The van der Waals surface area contributed by atoms with Gasteiger partial charge in [0.15, 0.2) is 9.84 Å². The summed E-state index contributed by atoms with van der Waals surface area (Å²) in [6, 6.07) is 12.2. The van der Waals surface area contributed by atoms with Crippen molar-refractivity contribution in [3.05, 3.63) is 53.1 Å². The van der Waals surface area contributed by atoms with Crippen molar-refractivity contribution in [3.8, 4) is 5.75 Å². The summed E-state index contributed by atoms with van der Waals surface area (Å²) in [7, 11) is -3.43. The predicted molar refractivity (Wildman–Crippen MR) is 126 cm³/mol. The van der Waals surface area contributed by atoms with E-state index in [1.54, 1.807) is 37.3 Å². The zero-order chi connectivity index (χ0) is 23.3. The van der Waals surface area contributed by atoms with Crippen LogP contribution in [0.5, 0.6) is 5.75 Å². The Kier molecular flexibility index (Phi) is 5.68. The zero-order valence-electron chi connectivity index (χ0n) is 18.5. The van der Waals surface area contributed by atoms with Crippen LogP contribution in [0.25, 0.3) is 0 Å². The van der Waals surface area contributed by atoms with Gasteiger partial charge in [-0.1, -0.05) is 11.6 Å². The van der Waals surface area contributed by atoms with Crippen LogP contribution in [0, 0.1) is 0 Å². The molecule has 0 unspecified atom stereocenters. The summed E-state index contributed by atoms with van der Waals surface area (Å²) < 4.78 is 35.6. The highest BCUT2D eigenvalue weighted by atomic mass is 35.5. The van der Waals surface area contributed by atoms with Crippen LogP contribution in [0.1, 0.15) is 25.3 Å². The molecule has 1 spiro atoms. The maximum absolute atomic E-state index is 12.8. The second kappa shape index (κ2) is 8.27. The third-order valence-corrected chi connectivity index (χ3v) is 9.82. The highest BCUT2D eigenvalue weighted by molar-refractivity contribution is 7.93. The zero-order valence-corrected chi connectivity index (χ0v) is 20.0. The molecular formula is C24H27ClN2O5S. The van der Waals surface area contributed by atoms with Crippen molar-refractivity contribution < 1.29 is 22.7 Å². The minimum atomic E-state index is -3.43. The van der Waals surface area contributed by atoms with Crippen molar-refractivity contribution in [1.82, 2.24) is 4.90 Å². The van der Waals surface area contributed by atoms with Crippen LogP contribution < -0.4 is 10.1 Å². The Morgan fingerprint density at radius 2 is 1.82 bits per heavy atom. The van der Waals surface area contributed by atoms with Crippen LogP contribution in [-0.4, -0.2) is 63.4 Å². The summed E-state index contributed by atoms with van der Waals surface area (Å²) in [4.78, 5) is 15.3. The fourth-order valence-electron chi connectivity index (χ4n) is 4.88. The van der Waals surface area contributed by atoms with Gasteiger partial charge in [0.25, 0.3) is 0 Å². The lowest BCUT2D eigenvalue weighted by Gasteiger charge is -2.38. The number of piperidine rings is 1. The standard InChI is InChI=1S/C24H27ClN2O5S/c1-23(15-31-16-23)33(29,30)19-5-3-18(4-6-19)32-13-12-27-10-8-24(9-11-27)20-14-17(25)2-7-21(20)26-22(24)28/h2-7,14H,8-13,15-16H2,1H3,(H,26,28). The molecule has 2 fully saturated rings. The van der Waals surface area contributed by atoms with Crippen LogP contribution in [0.15, 0.2) is 47.4 Å². The van der Waals surface area contributed by atoms with Crippen LogP contribution in [0.2, 0.25) is 5.02 Å². The van der Waals surface area contributed by atoms with Gasteiger partial charge in [-0.3, -0.25) is 9.69 Å². The summed E-state index contributed by atoms with van der Waals surface area (Å²) in [5.41, 5.74) is 1.37. The Labute approximate surface area is 198 Å². The first-order valence-electron chi connectivity index (χ1n) is 11.1. The van der Waals surface area contributed by atoms with Gasteiger partial charge in [-0.25, -0.2) is 8.42 Å². The van der Waals surface area contributed by atoms with E-state index >= 15 is 0 Å². The second-order valence-corrected chi connectivity index (χ2v) is 12.2. The van der Waals surface area contributed by atoms with E-state index in [-0.39, 0.29) is 24.0 Å². The van der Waals surface area contributed by atoms with Crippen molar-refractivity contribution >= 4 is 33.0 Å². The molecule has 176 valence electrons. The largest absolute Gasteiger partial charge is 0.492 e. The van der Waals surface area contributed by atoms with Gasteiger partial charge >= 0.3 is 0 Å². The van der Waals surface area contributed by atoms with E-state index in [1.165, 1.54) is 0 Å². The Morgan fingerprint density at radius 1 is 1.12 bits per heavy atom. The molecule has 2 aromatic carbocycles. The maximum Gasteiger partial charge on any atom is 0.235 e. The lowest BCUT2D eigenvalue weighted by Crippen LogP contribution is -2.53. The topological polar surface area (TPSA) is 84.9 Å². The maximum atomic E-state index is 12.8. The number of halogens is 1. The second-order valence-electron chi connectivity index (χ2n) is 9.33. The average Bonchev–Trinajstić information content (AvgIpc) is 3.04. The molecule has 9 heteroatoms. The van der Waals surface area contributed by atoms with Gasteiger partial charge in [0, 0.05) is 17.3 Å². The number of sulfone groups is 1. The van der Waals surface area contributed by atoms with Crippen molar-refractivity contribution in [1.29, 1.82) is 0 Å². The SMILES string of the molecule is CC1(S(=O)(=O)c2ccc(OCCN3CCC4(CC3)C(=O)Nc3ccc(Cl)cc34)cc2)COC1. The van der Waals surface area contributed by atoms with Gasteiger partial charge in [0.05, 0.1) is 23.5 Å². The number of carbonyl (C=O) groups excluding carboxylic acids is 1. The molecular weight excluding hydrogens is 464 g/mol. The van der Waals surface area contributed by atoms with Gasteiger partial charge in [-0.05, 0) is 80.9 Å². The van der Waals surface area contributed by atoms with E-state index in [0.717, 1.165) is 43.7 Å². The molecule has 0 aromatic heterocycles. The summed E-state index contributed by atoms with van der Waals surface area (Å²) in [5.74, 6) is 0.698. The van der Waals surface area contributed by atoms with Crippen molar-refractivity contribution in [2.45, 2.75) is 34.8 Å². The minimum absolute atomic E-state index is 0.0630. The molecule has 3 aliphatic heterocycles. The third-order valence-electron chi connectivity index (χ3n) is 7.16. The molecule has 7 nitrogen and oxygen atoms in total. The fourth-order valence-corrected chi connectivity index (χ4v) is 6.59. The van der Waals surface area contributed by atoms with E-state index < -0.39 is 20.0 Å². The third kappa shape index (κ3) is 3.83. The normalized spacial score (nSPS) is 21.3. The minimum Gasteiger partial charge on any atom is -0.492 e. The molecule has 1 amide bonds.